The van der Waals surface area contributed by atoms with Crippen molar-refractivity contribution in [1.29, 1.82) is 0 Å². The first-order valence-corrected chi connectivity index (χ1v) is 10.5. The maximum absolute atomic E-state index is 12.6. The SMILES string of the molecule is CC(=O)N(Cc1ccsc1)[C@@H]1CC12CCN(C(=O)Cc1ccn(C)n1)CC2. The Labute approximate surface area is 163 Å². The summed E-state index contributed by atoms with van der Waals surface area (Å²) in [6.45, 7) is 3.94. The standard InChI is InChI=1S/C20H26N4O2S/c1-15(25)24(13-16-4-10-27-14-16)18-12-20(18)5-8-23(9-6-20)19(26)11-17-3-7-22(2)21-17/h3-4,7,10,14,18H,5-6,8-9,11-13H2,1-2H3/t18-/m1/s1. The molecule has 2 aromatic rings. The van der Waals surface area contributed by atoms with Crippen LogP contribution in [0.1, 0.15) is 37.4 Å². The molecule has 2 aromatic heterocycles. The maximum Gasteiger partial charge on any atom is 0.228 e. The smallest absolute Gasteiger partial charge is 0.228 e. The van der Waals surface area contributed by atoms with Gasteiger partial charge >= 0.3 is 0 Å². The normalized spacial score (nSPS) is 20.7. The Morgan fingerprint density at radius 2 is 2.11 bits per heavy atom. The van der Waals surface area contributed by atoms with Crippen molar-refractivity contribution in [3.63, 3.8) is 0 Å². The van der Waals surface area contributed by atoms with Crippen molar-refractivity contribution < 1.29 is 9.59 Å². The van der Waals surface area contributed by atoms with Crippen LogP contribution in [0.4, 0.5) is 0 Å². The third-order valence-corrected chi connectivity index (χ3v) is 6.81. The Bertz CT molecular complexity index is 821. The first kappa shape index (κ1) is 18.2. The number of aryl methyl sites for hydroxylation is 1. The quantitative estimate of drug-likeness (QED) is 0.793. The number of carbonyl (C=O) groups excluding carboxylic acids is 2. The Kier molecular flexibility index (Phi) is 4.80. The summed E-state index contributed by atoms with van der Waals surface area (Å²) in [5.41, 5.74) is 2.24. The molecule has 27 heavy (non-hydrogen) atoms. The number of rotatable bonds is 5. The highest BCUT2D eigenvalue weighted by molar-refractivity contribution is 7.07. The minimum absolute atomic E-state index is 0.150. The zero-order valence-electron chi connectivity index (χ0n) is 15.9. The number of hydrogen-bond acceptors (Lipinski definition) is 4. The zero-order valence-corrected chi connectivity index (χ0v) is 16.7. The van der Waals surface area contributed by atoms with Crippen LogP contribution >= 0.6 is 11.3 Å². The van der Waals surface area contributed by atoms with Gasteiger partial charge in [0.25, 0.3) is 0 Å². The second kappa shape index (κ2) is 7.11. The molecule has 2 amide bonds. The first-order chi connectivity index (χ1) is 13.0. The largest absolute Gasteiger partial charge is 0.342 e. The molecule has 1 atom stereocenters. The first-order valence-electron chi connectivity index (χ1n) is 9.51. The van der Waals surface area contributed by atoms with Gasteiger partial charge in [0.1, 0.15) is 0 Å². The fraction of sp³-hybridized carbons (Fsp3) is 0.550. The van der Waals surface area contributed by atoms with Crippen molar-refractivity contribution in [3.05, 3.63) is 40.3 Å². The van der Waals surface area contributed by atoms with Crippen LogP contribution in [0.2, 0.25) is 0 Å². The molecule has 0 bridgehead atoms. The van der Waals surface area contributed by atoms with Gasteiger partial charge in [0.15, 0.2) is 0 Å². The third kappa shape index (κ3) is 3.78. The van der Waals surface area contributed by atoms with Gasteiger partial charge in [-0.05, 0) is 53.1 Å². The molecule has 1 aliphatic heterocycles. The highest BCUT2D eigenvalue weighted by atomic mass is 32.1. The molecule has 6 nitrogen and oxygen atoms in total. The van der Waals surface area contributed by atoms with Gasteiger partial charge < -0.3 is 9.80 Å². The van der Waals surface area contributed by atoms with E-state index in [1.54, 1.807) is 22.9 Å². The molecule has 0 aromatic carbocycles. The van der Waals surface area contributed by atoms with Crippen molar-refractivity contribution in [3.8, 4) is 0 Å². The molecular formula is C20H26N4O2S. The van der Waals surface area contributed by atoms with Crippen LogP contribution in [-0.4, -0.2) is 50.5 Å². The maximum atomic E-state index is 12.6. The van der Waals surface area contributed by atoms with Gasteiger partial charge in [-0.1, -0.05) is 0 Å². The predicted octanol–water partition coefficient (Wildman–Crippen LogP) is 2.45. The van der Waals surface area contributed by atoms with E-state index in [0.29, 0.717) is 19.0 Å². The molecule has 1 spiro atoms. The lowest BCUT2D eigenvalue weighted by Crippen LogP contribution is -2.43. The number of hydrogen-bond donors (Lipinski definition) is 0. The van der Waals surface area contributed by atoms with Crippen molar-refractivity contribution in [2.45, 2.75) is 45.2 Å². The average molecular weight is 387 g/mol. The molecule has 0 N–H and O–H groups in total. The van der Waals surface area contributed by atoms with E-state index in [1.165, 1.54) is 5.56 Å². The fourth-order valence-corrected chi connectivity index (χ4v) is 5.01. The number of thiophene rings is 1. The summed E-state index contributed by atoms with van der Waals surface area (Å²) in [6, 6.07) is 4.31. The molecule has 7 heteroatoms. The van der Waals surface area contributed by atoms with E-state index in [2.05, 4.69) is 21.9 Å². The van der Waals surface area contributed by atoms with Crippen LogP contribution in [0.25, 0.3) is 0 Å². The van der Waals surface area contributed by atoms with E-state index in [1.807, 2.05) is 29.1 Å². The van der Waals surface area contributed by atoms with Crippen LogP contribution in [-0.2, 0) is 29.6 Å². The highest BCUT2D eigenvalue weighted by Gasteiger charge is 2.58. The molecule has 3 heterocycles. The van der Waals surface area contributed by atoms with Crippen LogP contribution in [0.3, 0.4) is 0 Å². The molecule has 4 rings (SSSR count). The number of piperidine rings is 1. The number of nitrogens with zero attached hydrogens (tertiary/aromatic N) is 4. The Balaban J connectivity index is 1.33. The van der Waals surface area contributed by atoms with Crippen molar-refractivity contribution in [2.75, 3.05) is 13.1 Å². The summed E-state index contributed by atoms with van der Waals surface area (Å²) in [4.78, 5) is 28.8. The van der Waals surface area contributed by atoms with E-state index >= 15 is 0 Å². The predicted molar refractivity (Wildman–Crippen MR) is 104 cm³/mol. The number of likely N-dealkylation sites (tertiary alicyclic amines) is 1. The highest BCUT2D eigenvalue weighted by Crippen LogP contribution is 2.57. The van der Waals surface area contributed by atoms with E-state index in [4.69, 9.17) is 0 Å². The molecule has 1 aliphatic carbocycles. The molecule has 1 saturated heterocycles. The summed E-state index contributed by atoms with van der Waals surface area (Å²) in [5, 5.41) is 8.47. The van der Waals surface area contributed by atoms with E-state index < -0.39 is 0 Å². The monoisotopic (exact) mass is 386 g/mol. The van der Waals surface area contributed by atoms with E-state index in [-0.39, 0.29) is 17.2 Å². The molecule has 0 unspecified atom stereocenters. The molecular weight excluding hydrogens is 360 g/mol. The van der Waals surface area contributed by atoms with Gasteiger partial charge in [-0.2, -0.15) is 16.4 Å². The molecule has 2 fully saturated rings. The van der Waals surface area contributed by atoms with Gasteiger partial charge in [0.2, 0.25) is 11.8 Å². The Hall–Kier alpha value is -2.15. The summed E-state index contributed by atoms with van der Waals surface area (Å²) in [7, 11) is 1.86. The van der Waals surface area contributed by atoms with Gasteiger partial charge in [-0.3, -0.25) is 14.3 Å². The molecule has 1 saturated carbocycles. The van der Waals surface area contributed by atoms with E-state index in [0.717, 1.165) is 38.0 Å². The van der Waals surface area contributed by atoms with Crippen LogP contribution < -0.4 is 0 Å². The molecule has 0 radical (unpaired) electrons. The van der Waals surface area contributed by atoms with Gasteiger partial charge in [-0.25, -0.2) is 0 Å². The zero-order chi connectivity index (χ0) is 19.0. The Morgan fingerprint density at radius 3 is 2.70 bits per heavy atom. The van der Waals surface area contributed by atoms with Crippen LogP contribution in [0.15, 0.2) is 29.1 Å². The topological polar surface area (TPSA) is 58.4 Å². The Morgan fingerprint density at radius 1 is 1.33 bits per heavy atom. The average Bonchev–Trinajstić information content (AvgIpc) is 3.00. The molecule has 144 valence electrons. The fourth-order valence-electron chi connectivity index (χ4n) is 4.35. The number of carbonyl (C=O) groups is 2. The summed E-state index contributed by atoms with van der Waals surface area (Å²) >= 11 is 1.67. The lowest BCUT2D eigenvalue weighted by molar-refractivity contribution is -0.134. The summed E-state index contributed by atoms with van der Waals surface area (Å²) in [5.74, 6) is 0.305. The van der Waals surface area contributed by atoms with Crippen molar-refractivity contribution in [2.24, 2.45) is 12.5 Å². The number of amides is 2. The second-order valence-electron chi connectivity index (χ2n) is 7.90. The number of aromatic nitrogens is 2. The summed E-state index contributed by atoms with van der Waals surface area (Å²) < 4.78 is 1.73. The third-order valence-electron chi connectivity index (χ3n) is 6.07. The van der Waals surface area contributed by atoms with Crippen LogP contribution in [0.5, 0.6) is 0 Å². The minimum Gasteiger partial charge on any atom is -0.342 e. The van der Waals surface area contributed by atoms with Gasteiger partial charge in [-0.15, -0.1) is 0 Å². The van der Waals surface area contributed by atoms with Gasteiger partial charge in [0, 0.05) is 45.8 Å². The second-order valence-corrected chi connectivity index (χ2v) is 8.68. The lowest BCUT2D eigenvalue weighted by Gasteiger charge is -2.34. The van der Waals surface area contributed by atoms with E-state index in [9.17, 15) is 9.59 Å². The van der Waals surface area contributed by atoms with Crippen molar-refractivity contribution >= 4 is 23.2 Å². The lowest BCUT2D eigenvalue weighted by atomic mass is 9.92. The van der Waals surface area contributed by atoms with Crippen molar-refractivity contribution in [1.82, 2.24) is 19.6 Å². The van der Waals surface area contributed by atoms with Gasteiger partial charge in [0.05, 0.1) is 12.1 Å². The summed E-state index contributed by atoms with van der Waals surface area (Å²) in [6.07, 6.45) is 5.28. The minimum atomic E-state index is 0.150. The van der Waals surface area contributed by atoms with Crippen LogP contribution in [0, 0.1) is 5.41 Å². The molecule has 2 aliphatic rings.